The molecule has 0 rings (SSSR count). The normalized spacial score (nSPS) is 10.4. The van der Waals surface area contributed by atoms with E-state index in [2.05, 4.69) is 29.7 Å². The van der Waals surface area contributed by atoms with Crippen molar-refractivity contribution in [2.24, 2.45) is 5.10 Å². The van der Waals surface area contributed by atoms with Crippen LogP contribution in [0.5, 0.6) is 0 Å². The molecule has 0 fully saturated rings. The monoisotopic (exact) mass is 129 g/mol. The second-order valence-corrected chi connectivity index (χ2v) is 1.66. The molecule has 54 valence electrons. The Kier molecular flexibility index (Phi) is 6.96. The number of hydrogen-bond acceptors (Lipinski definition) is 3. The number of hydrazone groups is 1. The predicted octanol–water partition coefficient (Wildman–Crippen LogP) is 0.539. The van der Waals surface area contributed by atoms with Crippen LogP contribution in [0.4, 0.5) is 0 Å². The average Bonchev–Trinajstić information content (AvgIpc) is 1.89. The summed E-state index contributed by atoms with van der Waals surface area (Å²) in [6.45, 7) is 5.85. The van der Waals surface area contributed by atoms with Gasteiger partial charge in [-0.05, 0) is 13.0 Å². The summed E-state index contributed by atoms with van der Waals surface area (Å²) in [7, 11) is 0. The minimum atomic E-state index is 0.757. The van der Waals surface area contributed by atoms with Crippen LogP contribution in [-0.4, -0.2) is 19.4 Å². The third-order valence-corrected chi connectivity index (χ3v) is 0.819. The Morgan fingerprint density at radius 2 is 2.22 bits per heavy atom. The van der Waals surface area contributed by atoms with Crippen molar-refractivity contribution in [2.75, 3.05) is 13.2 Å². The summed E-state index contributed by atoms with van der Waals surface area (Å²) in [6, 6.07) is 0. The van der Waals surface area contributed by atoms with Gasteiger partial charge < -0.3 is 0 Å². The van der Waals surface area contributed by atoms with Crippen LogP contribution in [0.25, 0.3) is 0 Å². The molecule has 0 saturated heterocycles. The minimum Gasteiger partial charge on any atom is -0.299 e. The lowest BCUT2D eigenvalue weighted by molar-refractivity contribution is 0.623. The van der Waals surface area contributed by atoms with Gasteiger partial charge in [-0.3, -0.25) is 10.7 Å². The highest BCUT2D eigenvalue weighted by molar-refractivity contribution is 5.55. The van der Waals surface area contributed by atoms with Gasteiger partial charge in [-0.15, -0.1) is 0 Å². The first-order valence-electron chi connectivity index (χ1n) is 3.36. The molecule has 3 nitrogen and oxygen atoms in total. The number of nitrogens with one attached hydrogen (secondary N) is 2. The van der Waals surface area contributed by atoms with Gasteiger partial charge in [-0.25, -0.2) is 0 Å². The third kappa shape index (κ3) is 7.43. The molecule has 0 bridgehead atoms. The van der Waals surface area contributed by atoms with Crippen LogP contribution in [0.15, 0.2) is 5.10 Å². The van der Waals surface area contributed by atoms with Gasteiger partial charge in [0.2, 0.25) is 0 Å². The molecule has 9 heavy (non-hydrogen) atoms. The van der Waals surface area contributed by atoms with E-state index in [1.54, 1.807) is 0 Å². The van der Waals surface area contributed by atoms with Gasteiger partial charge in [0.15, 0.2) is 0 Å². The highest BCUT2D eigenvalue weighted by Crippen LogP contribution is 1.63. The smallest absolute Gasteiger partial charge is 0.0823 e. The molecule has 0 amide bonds. The van der Waals surface area contributed by atoms with Crippen LogP contribution in [0.2, 0.25) is 0 Å². The van der Waals surface area contributed by atoms with E-state index in [0.717, 1.165) is 19.6 Å². The van der Waals surface area contributed by atoms with Crippen LogP contribution in [-0.2, 0) is 0 Å². The maximum Gasteiger partial charge on any atom is 0.0823 e. The molecule has 0 spiro atoms. The molecule has 0 aliphatic rings. The van der Waals surface area contributed by atoms with Crippen molar-refractivity contribution < 1.29 is 0 Å². The van der Waals surface area contributed by atoms with Crippen molar-refractivity contribution in [1.29, 1.82) is 0 Å². The average molecular weight is 129 g/mol. The van der Waals surface area contributed by atoms with Gasteiger partial charge in [0.05, 0.1) is 6.67 Å². The second kappa shape index (κ2) is 7.43. The lowest BCUT2D eigenvalue weighted by Crippen LogP contribution is -2.24. The maximum atomic E-state index is 3.89. The summed E-state index contributed by atoms with van der Waals surface area (Å²) < 4.78 is 0. The van der Waals surface area contributed by atoms with Crippen LogP contribution >= 0.6 is 0 Å². The molecule has 0 heterocycles. The topological polar surface area (TPSA) is 36.4 Å². The zero-order valence-electron chi connectivity index (χ0n) is 6.15. The molecule has 3 heteroatoms. The summed E-state index contributed by atoms with van der Waals surface area (Å²) in [4.78, 5) is 0. The van der Waals surface area contributed by atoms with Gasteiger partial charge in [-0.1, -0.05) is 13.8 Å². The second-order valence-electron chi connectivity index (χ2n) is 1.66. The lowest BCUT2D eigenvalue weighted by atomic mass is 10.6. The summed E-state index contributed by atoms with van der Waals surface area (Å²) in [5.41, 5.74) is 2.85. The van der Waals surface area contributed by atoms with Crippen molar-refractivity contribution in [2.45, 2.75) is 20.3 Å². The van der Waals surface area contributed by atoms with E-state index >= 15 is 0 Å². The largest absolute Gasteiger partial charge is 0.299 e. The number of nitrogens with zero attached hydrogens (tertiary/aromatic N) is 1. The molecule has 0 aliphatic carbocycles. The minimum absolute atomic E-state index is 0.757. The van der Waals surface area contributed by atoms with Crippen LogP contribution in [0.3, 0.4) is 0 Å². The van der Waals surface area contributed by atoms with E-state index in [1.807, 2.05) is 6.21 Å². The van der Waals surface area contributed by atoms with E-state index in [4.69, 9.17) is 0 Å². The zero-order chi connectivity index (χ0) is 6.95. The molecule has 0 atom stereocenters. The van der Waals surface area contributed by atoms with Crippen LogP contribution < -0.4 is 10.7 Å². The Balaban J connectivity index is 2.82. The van der Waals surface area contributed by atoms with Crippen molar-refractivity contribution in [3.8, 4) is 0 Å². The first-order chi connectivity index (χ1) is 4.41. The summed E-state index contributed by atoms with van der Waals surface area (Å²) >= 11 is 0. The van der Waals surface area contributed by atoms with E-state index in [1.165, 1.54) is 0 Å². The first-order valence-corrected chi connectivity index (χ1v) is 3.36. The van der Waals surface area contributed by atoms with Crippen molar-refractivity contribution in [3.63, 3.8) is 0 Å². The number of hydrogen-bond donors (Lipinski definition) is 2. The molecular formula is C6H15N3. The Bertz CT molecular complexity index is 70.7. The Morgan fingerprint density at radius 1 is 1.44 bits per heavy atom. The first kappa shape index (κ1) is 8.43. The lowest BCUT2D eigenvalue weighted by Gasteiger charge is -1.97. The molecule has 2 N–H and O–H groups in total. The quantitative estimate of drug-likeness (QED) is 0.246. The van der Waals surface area contributed by atoms with E-state index in [0.29, 0.717) is 0 Å². The summed E-state index contributed by atoms with van der Waals surface area (Å²) in [6.07, 6.45) is 2.83. The van der Waals surface area contributed by atoms with Gasteiger partial charge in [0.1, 0.15) is 0 Å². The number of rotatable bonds is 5. The third-order valence-electron chi connectivity index (χ3n) is 0.819. The zero-order valence-corrected chi connectivity index (χ0v) is 6.15. The highest BCUT2D eigenvalue weighted by atomic mass is 15.3. The van der Waals surface area contributed by atoms with Gasteiger partial charge >= 0.3 is 0 Å². The fourth-order valence-corrected chi connectivity index (χ4v) is 0.382. The van der Waals surface area contributed by atoms with Gasteiger partial charge in [0, 0.05) is 6.21 Å². The van der Waals surface area contributed by atoms with Crippen molar-refractivity contribution >= 4 is 6.21 Å². The maximum absolute atomic E-state index is 3.89. The van der Waals surface area contributed by atoms with Crippen LogP contribution in [0.1, 0.15) is 20.3 Å². The standard InChI is InChI=1S/C6H15N3/c1-3-5-8-9-6-7-4-2/h5,7,9H,3-4,6H2,1-2H3/b8-5+. The fraction of sp³-hybridized carbons (Fsp3) is 0.833. The molecular weight excluding hydrogens is 114 g/mol. The van der Waals surface area contributed by atoms with Crippen molar-refractivity contribution in [1.82, 2.24) is 10.7 Å². The van der Waals surface area contributed by atoms with Gasteiger partial charge in [-0.2, -0.15) is 5.10 Å². The molecule has 0 radical (unpaired) electrons. The molecule has 0 aromatic rings. The SMILES string of the molecule is CC/C=N/NCNCC. The highest BCUT2D eigenvalue weighted by Gasteiger charge is 1.73. The van der Waals surface area contributed by atoms with E-state index < -0.39 is 0 Å². The molecule has 0 aromatic heterocycles. The molecule has 0 aromatic carbocycles. The Labute approximate surface area is 56.5 Å². The predicted molar refractivity (Wildman–Crippen MR) is 40.5 cm³/mol. The Hall–Kier alpha value is -0.570. The van der Waals surface area contributed by atoms with E-state index in [9.17, 15) is 0 Å². The molecule has 0 aliphatic heterocycles. The summed E-state index contributed by atoms with van der Waals surface area (Å²) in [5.74, 6) is 0. The molecule has 0 saturated carbocycles. The fourth-order valence-electron chi connectivity index (χ4n) is 0.382. The molecule has 0 unspecified atom stereocenters. The Morgan fingerprint density at radius 3 is 2.78 bits per heavy atom. The summed E-state index contributed by atoms with van der Waals surface area (Å²) in [5, 5.41) is 6.97. The van der Waals surface area contributed by atoms with Crippen LogP contribution in [0, 0.1) is 0 Å². The van der Waals surface area contributed by atoms with E-state index in [-0.39, 0.29) is 0 Å². The van der Waals surface area contributed by atoms with Gasteiger partial charge in [0.25, 0.3) is 0 Å². The van der Waals surface area contributed by atoms with Crippen molar-refractivity contribution in [3.05, 3.63) is 0 Å².